The number of aliphatic hydroxyl groups excluding tert-OH is 1. The van der Waals surface area contributed by atoms with Crippen LogP contribution in [0.25, 0.3) is 11.0 Å². The Bertz CT molecular complexity index is 1050. The topological polar surface area (TPSA) is 142 Å². The van der Waals surface area contributed by atoms with Crippen molar-refractivity contribution in [2.24, 2.45) is 11.8 Å². The number of hydrogen-bond donors (Lipinski definition) is 3. The lowest BCUT2D eigenvalue weighted by Crippen LogP contribution is -2.53. The number of hydrogen-bond acceptors (Lipinski definition) is 8. The predicted molar refractivity (Wildman–Crippen MR) is 120 cm³/mol. The molecule has 12 heteroatoms. The number of fused-ring (bicyclic) bond motifs is 1. The van der Waals surface area contributed by atoms with Gasteiger partial charge in [0.15, 0.2) is 0 Å². The zero-order valence-corrected chi connectivity index (χ0v) is 19.8. The highest BCUT2D eigenvalue weighted by Crippen LogP contribution is 2.28. The number of piperidine rings is 1. The lowest BCUT2D eigenvalue weighted by Gasteiger charge is -2.32. The zero-order valence-electron chi connectivity index (χ0n) is 18.2. The molecule has 1 fully saturated rings. The van der Waals surface area contributed by atoms with E-state index in [1.807, 2.05) is 13.8 Å². The lowest BCUT2D eigenvalue weighted by atomic mass is 9.94. The summed E-state index contributed by atoms with van der Waals surface area (Å²) in [5.74, 6) is -1.04. The van der Waals surface area contributed by atoms with Gasteiger partial charge in [-0.1, -0.05) is 26.3 Å². The predicted octanol–water partition coefficient (Wildman–Crippen LogP) is 0.731. The van der Waals surface area contributed by atoms with Crippen LogP contribution < -0.4 is 10.6 Å². The Kier molecular flexibility index (Phi) is 8.15. The Hall–Kier alpha value is -2.15. The van der Waals surface area contributed by atoms with Gasteiger partial charge >= 0.3 is 0 Å². The number of amides is 2. The smallest absolute Gasteiger partial charge is 0.245 e. The first-order valence-corrected chi connectivity index (χ1v) is 12.9. The molecule has 0 saturated carbocycles. The van der Waals surface area contributed by atoms with Gasteiger partial charge in [0.1, 0.15) is 22.0 Å². The molecule has 176 valence electrons. The molecule has 1 aliphatic rings. The maximum atomic E-state index is 13.2. The van der Waals surface area contributed by atoms with E-state index in [0.29, 0.717) is 30.3 Å². The van der Waals surface area contributed by atoms with Crippen LogP contribution in [0.15, 0.2) is 23.1 Å². The highest BCUT2D eigenvalue weighted by atomic mass is 32.2. The van der Waals surface area contributed by atoms with Crippen LogP contribution in [-0.2, 0) is 19.6 Å². The first kappa shape index (κ1) is 24.5. The van der Waals surface area contributed by atoms with E-state index < -0.39 is 16.1 Å². The minimum absolute atomic E-state index is 0.0784. The number of aliphatic hydroxyl groups is 1. The third kappa shape index (κ3) is 5.25. The molecule has 2 aromatic rings. The quantitative estimate of drug-likeness (QED) is 0.477. The van der Waals surface area contributed by atoms with Crippen molar-refractivity contribution in [2.75, 3.05) is 26.2 Å². The van der Waals surface area contributed by atoms with Crippen molar-refractivity contribution < 1.29 is 23.1 Å². The van der Waals surface area contributed by atoms with Crippen molar-refractivity contribution in [2.45, 2.75) is 44.0 Å². The summed E-state index contributed by atoms with van der Waals surface area (Å²) >= 11 is 0.968. The number of nitrogens with one attached hydrogen (secondary N) is 2. The second-order valence-corrected chi connectivity index (χ2v) is 10.4. The Morgan fingerprint density at radius 2 is 2.00 bits per heavy atom. The molecule has 3 rings (SSSR count). The molecule has 10 nitrogen and oxygen atoms in total. The minimum Gasteiger partial charge on any atom is -0.395 e. The number of benzene rings is 1. The van der Waals surface area contributed by atoms with Gasteiger partial charge in [-0.3, -0.25) is 9.59 Å². The number of carbonyl (C=O) groups excluding carboxylic acids is 2. The fourth-order valence-electron chi connectivity index (χ4n) is 3.75. The van der Waals surface area contributed by atoms with Gasteiger partial charge in [-0.2, -0.15) is 13.1 Å². The molecule has 0 aliphatic carbocycles. The molecule has 1 aromatic carbocycles. The van der Waals surface area contributed by atoms with Gasteiger partial charge in [0, 0.05) is 25.6 Å². The van der Waals surface area contributed by atoms with Crippen molar-refractivity contribution in [1.29, 1.82) is 0 Å². The number of rotatable bonds is 9. The minimum atomic E-state index is -3.75. The van der Waals surface area contributed by atoms with Crippen molar-refractivity contribution >= 4 is 44.6 Å². The molecule has 0 spiro atoms. The van der Waals surface area contributed by atoms with Crippen LogP contribution in [0.5, 0.6) is 0 Å². The summed E-state index contributed by atoms with van der Waals surface area (Å²) in [7, 11) is -3.75. The molecule has 1 saturated heterocycles. The fraction of sp³-hybridized carbons (Fsp3) is 0.600. The Morgan fingerprint density at radius 3 is 2.66 bits per heavy atom. The molecule has 0 bridgehead atoms. The van der Waals surface area contributed by atoms with Crippen LogP contribution in [0, 0.1) is 11.8 Å². The van der Waals surface area contributed by atoms with Gasteiger partial charge in [0.05, 0.1) is 18.3 Å². The summed E-state index contributed by atoms with van der Waals surface area (Å²) in [6.45, 7) is 4.18. The molecule has 1 aliphatic heterocycles. The molecule has 2 amide bonds. The largest absolute Gasteiger partial charge is 0.395 e. The highest BCUT2D eigenvalue weighted by molar-refractivity contribution is 7.89. The Morgan fingerprint density at radius 1 is 1.28 bits per heavy atom. The van der Waals surface area contributed by atoms with Crippen LogP contribution in [-0.4, -0.2) is 70.7 Å². The van der Waals surface area contributed by atoms with Gasteiger partial charge in [0.25, 0.3) is 0 Å². The highest BCUT2D eigenvalue weighted by Gasteiger charge is 2.35. The summed E-state index contributed by atoms with van der Waals surface area (Å²) in [6.07, 6.45) is 1.43. The average molecular weight is 484 g/mol. The van der Waals surface area contributed by atoms with Crippen molar-refractivity contribution in [1.82, 2.24) is 23.7 Å². The maximum absolute atomic E-state index is 13.2. The van der Waals surface area contributed by atoms with Crippen LogP contribution in [0.2, 0.25) is 0 Å². The number of sulfonamides is 1. The van der Waals surface area contributed by atoms with Gasteiger partial charge < -0.3 is 15.7 Å². The van der Waals surface area contributed by atoms with Crippen LogP contribution in [0.1, 0.15) is 33.1 Å². The first-order chi connectivity index (χ1) is 15.3. The molecule has 1 unspecified atom stereocenters. The van der Waals surface area contributed by atoms with Crippen LogP contribution >= 0.6 is 11.7 Å². The first-order valence-electron chi connectivity index (χ1n) is 10.7. The van der Waals surface area contributed by atoms with Crippen molar-refractivity contribution in [3.05, 3.63) is 18.2 Å². The number of carbonyl (C=O) groups is 2. The monoisotopic (exact) mass is 483 g/mol. The molecular formula is C20H29N5O5S2. The van der Waals surface area contributed by atoms with Crippen LogP contribution in [0.3, 0.4) is 0 Å². The lowest BCUT2D eigenvalue weighted by molar-refractivity contribution is -0.133. The Balaban J connectivity index is 1.64. The average Bonchev–Trinajstić information content (AvgIpc) is 3.29. The summed E-state index contributed by atoms with van der Waals surface area (Å²) in [4.78, 5) is 25.4. The molecule has 2 atom stereocenters. The SMILES string of the molecule is CCC(C)[C@@H](NC(=O)C1CCN(S(=O)(=O)c2cccc3nsnc23)CC1)C(=O)NCCO. The second-order valence-electron chi connectivity index (χ2n) is 7.95. The van der Waals surface area contributed by atoms with Crippen molar-refractivity contribution in [3.8, 4) is 0 Å². The third-order valence-corrected chi connectivity index (χ3v) is 8.37. The molecule has 0 radical (unpaired) electrons. The summed E-state index contributed by atoms with van der Waals surface area (Å²) < 4.78 is 35.9. The summed E-state index contributed by atoms with van der Waals surface area (Å²) in [5, 5.41) is 14.4. The number of aromatic nitrogens is 2. The van der Waals surface area contributed by atoms with Gasteiger partial charge in [-0.05, 0) is 30.9 Å². The summed E-state index contributed by atoms with van der Waals surface area (Å²) in [6, 6.07) is 4.20. The normalized spacial score (nSPS) is 17.7. The maximum Gasteiger partial charge on any atom is 0.245 e. The van der Waals surface area contributed by atoms with Gasteiger partial charge in [-0.15, -0.1) is 0 Å². The zero-order chi connectivity index (χ0) is 23.3. The van der Waals surface area contributed by atoms with E-state index in [2.05, 4.69) is 19.4 Å². The van der Waals surface area contributed by atoms with Gasteiger partial charge in [-0.25, -0.2) is 8.42 Å². The van der Waals surface area contributed by atoms with Gasteiger partial charge in [0.2, 0.25) is 21.8 Å². The second kappa shape index (κ2) is 10.6. The molecule has 32 heavy (non-hydrogen) atoms. The molecule has 3 N–H and O–H groups in total. The van der Waals surface area contributed by atoms with E-state index in [-0.39, 0.29) is 54.8 Å². The van der Waals surface area contributed by atoms with Crippen LogP contribution in [0.4, 0.5) is 0 Å². The van der Waals surface area contributed by atoms with E-state index >= 15 is 0 Å². The van der Waals surface area contributed by atoms with Crippen molar-refractivity contribution in [3.63, 3.8) is 0 Å². The third-order valence-electron chi connectivity index (χ3n) is 5.90. The standard InChI is InChI=1S/C20H29N5O5S2/c1-3-13(2)17(20(28)21-9-12-26)22-19(27)14-7-10-25(11-8-14)32(29,30)16-6-4-5-15-18(16)24-31-23-15/h4-6,13-14,17,26H,3,7-12H2,1-2H3,(H,21,28)(H,22,27)/t13?,17-/m1/s1. The molecule has 2 heterocycles. The van der Waals surface area contributed by atoms with E-state index in [4.69, 9.17) is 5.11 Å². The van der Waals surface area contributed by atoms with E-state index in [9.17, 15) is 18.0 Å². The van der Waals surface area contributed by atoms with E-state index in [1.165, 1.54) is 10.4 Å². The Labute approximate surface area is 191 Å². The number of nitrogens with zero attached hydrogens (tertiary/aromatic N) is 3. The fourth-order valence-corrected chi connectivity index (χ4v) is 5.97. The molecular weight excluding hydrogens is 454 g/mol. The van der Waals surface area contributed by atoms with E-state index in [0.717, 1.165) is 11.7 Å². The van der Waals surface area contributed by atoms with E-state index in [1.54, 1.807) is 12.1 Å². The summed E-state index contributed by atoms with van der Waals surface area (Å²) in [5.41, 5.74) is 0.906. The molecule has 1 aromatic heterocycles.